The zero-order valence-electron chi connectivity index (χ0n) is 16.5. The van der Waals surface area contributed by atoms with Crippen LogP contribution in [0.4, 0.5) is 5.69 Å². The van der Waals surface area contributed by atoms with Gasteiger partial charge in [-0.25, -0.2) is 4.79 Å². The van der Waals surface area contributed by atoms with Gasteiger partial charge in [-0.3, -0.25) is 4.98 Å². The maximum Gasteiger partial charge on any atom is 0.341 e. The lowest BCUT2D eigenvalue weighted by Gasteiger charge is -2.39. The van der Waals surface area contributed by atoms with Crippen LogP contribution >= 0.6 is 15.9 Å². The zero-order valence-corrected chi connectivity index (χ0v) is 18.1. The van der Waals surface area contributed by atoms with E-state index in [0.717, 1.165) is 34.0 Å². The van der Waals surface area contributed by atoms with Gasteiger partial charge in [0.05, 0.1) is 17.8 Å². The number of nitrogens with zero attached hydrogens (tertiary/aromatic N) is 2. The van der Waals surface area contributed by atoms with Crippen molar-refractivity contribution in [3.63, 3.8) is 0 Å². The minimum atomic E-state index is -0.285. The van der Waals surface area contributed by atoms with E-state index in [0.29, 0.717) is 23.6 Å². The fraction of sp³-hybridized carbons (Fsp3) is 0.545. The van der Waals surface area contributed by atoms with Crippen molar-refractivity contribution >= 4 is 38.5 Å². The minimum absolute atomic E-state index is 0.278. The number of carbonyl (C=O) groups is 1. The Morgan fingerprint density at radius 2 is 2.11 bits per heavy atom. The number of rotatable bonds is 3. The topological polar surface area (TPSA) is 42.4 Å². The fourth-order valence-electron chi connectivity index (χ4n) is 5.54. The van der Waals surface area contributed by atoms with Crippen LogP contribution in [0, 0.1) is 10.8 Å². The highest BCUT2D eigenvalue weighted by Crippen LogP contribution is 2.54. The van der Waals surface area contributed by atoms with Crippen LogP contribution in [0.2, 0.25) is 0 Å². The normalized spacial score (nSPS) is 26.4. The number of fused-ring (bicyclic) bond motifs is 3. The average molecular weight is 431 g/mol. The third-order valence-electron chi connectivity index (χ3n) is 6.00. The maximum absolute atomic E-state index is 12.7. The van der Waals surface area contributed by atoms with Crippen molar-refractivity contribution in [3.8, 4) is 0 Å². The number of carbonyl (C=O) groups excluding carboxylic acids is 1. The molecule has 4 nitrogen and oxygen atoms in total. The highest BCUT2D eigenvalue weighted by atomic mass is 79.9. The van der Waals surface area contributed by atoms with E-state index in [-0.39, 0.29) is 11.4 Å². The molecule has 144 valence electrons. The standard InChI is InChI=1S/C22H27BrN2O2/c1-5-27-20(26)17-11-24-18-7-6-14(23)8-16(18)19(17)25-13-22(4)10-15(25)9-21(2,3)12-22/h6-8,11,15H,5,9-10,12-13H2,1-4H3/t15-,22-/m1/s1. The van der Waals surface area contributed by atoms with E-state index in [1.807, 2.05) is 19.1 Å². The second-order valence-corrected chi connectivity index (χ2v) is 10.2. The zero-order chi connectivity index (χ0) is 19.4. The summed E-state index contributed by atoms with van der Waals surface area (Å²) >= 11 is 3.59. The van der Waals surface area contributed by atoms with Crippen molar-refractivity contribution in [3.05, 3.63) is 34.4 Å². The van der Waals surface area contributed by atoms with Crippen LogP contribution in [0.3, 0.4) is 0 Å². The third-order valence-corrected chi connectivity index (χ3v) is 6.49. The van der Waals surface area contributed by atoms with Crippen molar-refractivity contribution < 1.29 is 9.53 Å². The molecule has 1 saturated carbocycles. The Kier molecular flexibility index (Phi) is 4.49. The van der Waals surface area contributed by atoms with Gasteiger partial charge in [-0.15, -0.1) is 0 Å². The number of benzene rings is 1. The van der Waals surface area contributed by atoms with E-state index in [4.69, 9.17) is 4.74 Å². The highest BCUT2D eigenvalue weighted by molar-refractivity contribution is 9.10. The number of aromatic nitrogens is 1. The Morgan fingerprint density at radius 3 is 2.85 bits per heavy atom. The molecule has 1 aliphatic carbocycles. The Balaban J connectivity index is 1.90. The molecule has 2 fully saturated rings. The van der Waals surface area contributed by atoms with Crippen molar-refractivity contribution in [1.82, 2.24) is 4.98 Å². The Bertz CT molecular complexity index is 911. The maximum atomic E-state index is 12.7. The second-order valence-electron chi connectivity index (χ2n) is 9.24. The molecule has 1 aliphatic heterocycles. The van der Waals surface area contributed by atoms with E-state index >= 15 is 0 Å². The smallest absolute Gasteiger partial charge is 0.341 e. The summed E-state index contributed by atoms with van der Waals surface area (Å²) < 4.78 is 6.36. The quantitative estimate of drug-likeness (QED) is 0.595. The molecule has 0 spiro atoms. The lowest BCUT2D eigenvalue weighted by Crippen LogP contribution is -2.35. The summed E-state index contributed by atoms with van der Waals surface area (Å²) in [5.74, 6) is -0.285. The average Bonchev–Trinajstić information content (AvgIpc) is 2.82. The first-order valence-electron chi connectivity index (χ1n) is 9.73. The molecule has 2 heterocycles. The van der Waals surface area contributed by atoms with Gasteiger partial charge in [0.1, 0.15) is 5.56 Å². The molecular formula is C22H27BrN2O2. The van der Waals surface area contributed by atoms with Gasteiger partial charge in [0.25, 0.3) is 0 Å². The lowest BCUT2D eigenvalue weighted by molar-refractivity contribution is 0.0526. The number of halogens is 1. The predicted octanol–water partition coefficient (Wildman–Crippen LogP) is 5.58. The molecule has 2 aliphatic rings. The number of anilines is 1. The molecule has 2 bridgehead atoms. The molecule has 1 aromatic carbocycles. The number of hydrogen-bond acceptors (Lipinski definition) is 4. The van der Waals surface area contributed by atoms with Crippen molar-refractivity contribution in [1.29, 1.82) is 0 Å². The van der Waals surface area contributed by atoms with Crippen LogP contribution in [0.5, 0.6) is 0 Å². The largest absolute Gasteiger partial charge is 0.462 e. The van der Waals surface area contributed by atoms with Gasteiger partial charge in [0.15, 0.2) is 0 Å². The van der Waals surface area contributed by atoms with Crippen LogP contribution in [0.15, 0.2) is 28.9 Å². The summed E-state index contributed by atoms with van der Waals surface area (Å²) in [6.45, 7) is 10.3. The molecule has 27 heavy (non-hydrogen) atoms. The predicted molar refractivity (Wildman–Crippen MR) is 112 cm³/mol. The van der Waals surface area contributed by atoms with Crippen LogP contribution in [0.1, 0.15) is 57.3 Å². The molecule has 5 heteroatoms. The van der Waals surface area contributed by atoms with Gasteiger partial charge in [0, 0.05) is 28.6 Å². The van der Waals surface area contributed by atoms with Crippen LogP contribution in [-0.4, -0.2) is 30.1 Å². The van der Waals surface area contributed by atoms with Crippen molar-refractivity contribution in [2.75, 3.05) is 18.1 Å². The number of pyridine rings is 1. The van der Waals surface area contributed by atoms with Crippen LogP contribution < -0.4 is 4.90 Å². The van der Waals surface area contributed by atoms with E-state index in [2.05, 4.69) is 52.7 Å². The molecule has 0 N–H and O–H groups in total. The van der Waals surface area contributed by atoms with Gasteiger partial charge in [0.2, 0.25) is 0 Å². The third kappa shape index (κ3) is 3.35. The number of esters is 1. The Labute approximate surface area is 169 Å². The van der Waals surface area contributed by atoms with E-state index in [1.54, 1.807) is 6.20 Å². The molecule has 1 saturated heterocycles. The van der Waals surface area contributed by atoms with Gasteiger partial charge in [-0.05, 0) is 55.2 Å². The van der Waals surface area contributed by atoms with Crippen molar-refractivity contribution in [2.45, 2.75) is 53.0 Å². The van der Waals surface area contributed by atoms with Gasteiger partial charge in [-0.2, -0.15) is 0 Å². The first kappa shape index (κ1) is 18.7. The van der Waals surface area contributed by atoms with Crippen molar-refractivity contribution in [2.24, 2.45) is 10.8 Å². The molecule has 0 amide bonds. The molecule has 0 radical (unpaired) electrons. The van der Waals surface area contributed by atoms with Gasteiger partial charge >= 0.3 is 5.97 Å². The molecule has 2 aromatic rings. The minimum Gasteiger partial charge on any atom is -0.462 e. The monoisotopic (exact) mass is 430 g/mol. The highest BCUT2D eigenvalue weighted by Gasteiger charge is 2.50. The van der Waals surface area contributed by atoms with Gasteiger partial charge in [-0.1, -0.05) is 36.7 Å². The molecule has 4 rings (SSSR count). The molecule has 2 atom stereocenters. The summed E-state index contributed by atoms with van der Waals surface area (Å²) in [7, 11) is 0. The number of ether oxygens (including phenoxy) is 1. The summed E-state index contributed by atoms with van der Waals surface area (Å²) in [5, 5.41) is 1.02. The van der Waals surface area contributed by atoms with Gasteiger partial charge < -0.3 is 9.64 Å². The van der Waals surface area contributed by atoms with Crippen LogP contribution in [-0.2, 0) is 4.74 Å². The lowest BCUT2D eigenvalue weighted by atomic mass is 9.65. The number of hydrogen-bond donors (Lipinski definition) is 0. The van der Waals surface area contributed by atoms with E-state index in [1.165, 1.54) is 12.8 Å². The molecule has 0 unspecified atom stereocenters. The summed E-state index contributed by atoms with van der Waals surface area (Å²) in [4.78, 5) is 19.8. The summed E-state index contributed by atoms with van der Waals surface area (Å²) in [5.41, 5.74) is 3.08. The second kappa shape index (κ2) is 6.47. The summed E-state index contributed by atoms with van der Waals surface area (Å²) in [6.07, 6.45) is 5.23. The fourth-order valence-corrected chi connectivity index (χ4v) is 5.90. The van der Waals surface area contributed by atoms with Crippen LogP contribution in [0.25, 0.3) is 10.9 Å². The Hall–Kier alpha value is -1.62. The first-order chi connectivity index (χ1) is 12.7. The molecule has 1 aromatic heterocycles. The molecular weight excluding hydrogens is 404 g/mol. The van der Waals surface area contributed by atoms with E-state index < -0.39 is 0 Å². The van der Waals surface area contributed by atoms with E-state index in [9.17, 15) is 4.79 Å². The Morgan fingerprint density at radius 1 is 1.33 bits per heavy atom. The SMILES string of the molecule is CCOC(=O)c1cnc2ccc(Br)cc2c1N1C[C@]2(C)C[C@H]1CC(C)(C)C2. The summed E-state index contributed by atoms with van der Waals surface area (Å²) in [6, 6.07) is 6.52. The first-order valence-corrected chi connectivity index (χ1v) is 10.5.